The van der Waals surface area contributed by atoms with E-state index in [0.717, 1.165) is 10.6 Å². The van der Waals surface area contributed by atoms with Gasteiger partial charge in [-0.05, 0) is 25.7 Å². The third-order valence-electron chi connectivity index (χ3n) is 2.46. The van der Waals surface area contributed by atoms with Crippen molar-refractivity contribution in [2.75, 3.05) is 27.2 Å². The summed E-state index contributed by atoms with van der Waals surface area (Å²) >= 11 is 0. The summed E-state index contributed by atoms with van der Waals surface area (Å²) in [4.78, 5) is 35.9. The maximum Gasteiger partial charge on any atom is 0.265 e. The van der Waals surface area contributed by atoms with Gasteiger partial charge in [0.15, 0.2) is 0 Å². The van der Waals surface area contributed by atoms with Crippen LogP contribution in [0.15, 0.2) is 36.4 Å². The summed E-state index contributed by atoms with van der Waals surface area (Å²) in [5.41, 5.74) is 3.26. The summed E-state index contributed by atoms with van der Waals surface area (Å²) in [5.74, 6) is -0.818. The third kappa shape index (κ3) is 6.49. The molecule has 0 heterocycles. The van der Waals surface area contributed by atoms with E-state index in [4.69, 9.17) is 0 Å². The monoisotopic (exact) mass is 289 g/mol. The van der Waals surface area contributed by atoms with Crippen LogP contribution in [-0.4, -0.2) is 55.2 Å². The van der Waals surface area contributed by atoms with Crippen molar-refractivity contribution in [3.63, 3.8) is 0 Å². The number of hydrogen-bond donors (Lipinski definition) is 1. The minimum Gasteiger partial charge on any atom is -0.301 e. The Bertz CT molecular complexity index is 512. The Morgan fingerprint density at radius 2 is 1.86 bits per heavy atom. The number of nitrogens with zero attached hydrogens (tertiary/aromatic N) is 2. The second kappa shape index (κ2) is 8.65. The number of likely N-dealkylation sites (N-methyl/N-ethyl adjacent to an activating group) is 1. The van der Waals surface area contributed by atoms with Gasteiger partial charge < -0.3 is 9.69 Å². The number of carbonyl (C=O) groups is 3. The summed E-state index contributed by atoms with van der Waals surface area (Å²) in [6.45, 7) is -0.0673. The number of aldehydes is 1. The van der Waals surface area contributed by atoms with E-state index >= 15 is 0 Å². The van der Waals surface area contributed by atoms with Crippen LogP contribution in [0.25, 0.3) is 6.08 Å². The fourth-order valence-electron chi connectivity index (χ4n) is 1.56. The van der Waals surface area contributed by atoms with Gasteiger partial charge in [0.25, 0.3) is 11.8 Å². The molecule has 1 N–H and O–H groups in total. The molecule has 6 heteroatoms. The zero-order valence-electron chi connectivity index (χ0n) is 12.2. The normalized spacial score (nSPS) is 10.6. The van der Waals surface area contributed by atoms with Gasteiger partial charge in [0.1, 0.15) is 6.29 Å². The molecule has 0 bridgehead atoms. The summed E-state index contributed by atoms with van der Waals surface area (Å²) in [7, 11) is 3.47. The van der Waals surface area contributed by atoms with E-state index in [1.807, 2.05) is 30.3 Å². The molecule has 0 aliphatic heterocycles. The first-order valence-electron chi connectivity index (χ1n) is 6.45. The molecule has 112 valence electrons. The molecule has 1 rings (SSSR count). The molecule has 0 aliphatic rings. The predicted octanol–water partition coefficient (Wildman–Crippen LogP) is 0.320. The van der Waals surface area contributed by atoms with Crippen LogP contribution in [0.3, 0.4) is 0 Å². The van der Waals surface area contributed by atoms with Crippen LogP contribution >= 0.6 is 0 Å². The second-order valence-corrected chi connectivity index (χ2v) is 4.63. The fraction of sp³-hybridized carbons (Fsp3) is 0.267. The predicted molar refractivity (Wildman–Crippen MR) is 79.9 cm³/mol. The SMILES string of the molecule is CN(C)CC(=O)NN(CC=O)C(=O)C=Cc1ccccc1. The van der Waals surface area contributed by atoms with E-state index in [2.05, 4.69) is 5.43 Å². The molecule has 0 aliphatic carbocycles. The quantitative estimate of drug-likeness (QED) is 0.465. The molecule has 0 unspecified atom stereocenters. The van der Waals surface area contributed by atoms with Crippen LogP contribution in [-0.2, 0) is 14.4 Å². The lowest BCUT2D eigenvalue weighted by Gasteiger charge is -2.20. The van der Waals surface area contributed by atoms with Crippen molar-refractivity contribution in [1.82, 2.24) is 15.3 Å². The minimum absolute atomic E-state index is 0.130. The summed E-state index contributed by atoms with van der Waals surface area (Å²) in [6.07, 6.45) is 3.50. The third-order valence-corrected chi connectivity index (χ3v) is 2.46. The average molecular weight is 289 g/mol. The highest BCUT2D eigenvalue weighted by Gasteiger charge is 2.13. The van der Waals surface area contributed by atoms with Gasteiger partial charge >= 0.3 is 0 Å². The van der Waals surface area contributed by atoms with Crippen molar-refractivity contribution >= 4 is 24.2 Å². The van der Waals surface area contributed by atoms with Crippen LogP contribution in [0.4, 0.5) is 0 Å². The van der Waals surface area contributed by atoms with Crippen molar-refractivity contribution in [1.29, 1.82) is 0 Å². The molecule has 0 aromatic heterocycles. The zero-order valence-corrected chi connectivity index (χ0v) is 12.2. The Labute approximate surface area is 124 Å². The number of rotatable bonds is 6. The van der Waals surface area contributed by atoms with E-state index in [9.17, 15) is 14.4 Å². The van der Waals surface area contributed by atoms with Crippen LogP contribution in [0.1, 0.15) is 5.56 Å². The first-order chi connectivity index (χ1) is 10.0. The Balaban J connectivity index is 2.66. The molecule has 0 spiro atoms. The fourth-order valence-corrected chi connectivity index (χ4v) is 1.56. The number of hydrazine groups is 1. The maximum absolute atomic E-state index is 12.0. The first kappa shape index (κ1) is 16.6. The van der Waals surface area contributed by atoms with Crippen molar-refractivity contribution < 1.29 is 14.4 Å². The van der Waals surface area contributed by atoms with E-state index in [0.29, 0.717) is 6.29 Å². The summed E-state index contributed by atoms with van der Waals surface area (Å²) in [6, 6.07) is 9.27. The lowest BCUT2D eigenvalue weighted by atomic mass is 10.2. The average Bonchev–Trinajstić information content (AvgIpc) is 2.44. The van der Waals surface area contributed by atoms with Gasteiger partial charge in [0.2, 0.25) is 0 Å². The number of nitrogens with one attached hydrogen (secondary N) is 1. The molecule has 1 aromatic rings. The van der Waals surface area contributed by atoms with Gasteiger partial charge in [-0.25, -0.2) is 5.01 Å². The highest BCUT2D eigenvalue weighted by atomic mass is 16.2. The van der Waals surface area contributed by atoms with Crippen LogP contribution in [0.5, 0.6) is 0 Å². The molecule has 1 aromatic carbocycles. The molecule has 0 saturated heterocycles. The summed E-state index contributed by atoms with van der Waals surface area (Å²) < 4.78 is 0. The van der Waals surface area contributed by atoms with Gasteiger partial charge in [-0.3, -0.25) is 15.0 Å². The molecule has 2 amide bonds. The van der Waals surface area contributed by atoms with Gasteiger partial charge in [-0.1, -0.05) is 30.3 Å². The van der Waals surface area contributed by atoms with E-state index in [1.165, 1.54) is 6.08 Å². The van der Waals surface area contributed by atoms with Crippen LogP contribution < -0.4 is 5.43 Å². The lowest BCUT2D eigenvalue weighted by Crippen LogP contribution is -2.49. The van der Waals surface area contributed by atoms with E-state index in [-0.39, 0.29) is 19.0 Å². The number of benzene rings is 1. The Morgan fingerprint density at radius 3 is 2.43 bits per heavy atom. The largest absolute Gasteiger partial charge is 0.301 e. The van der Waals surface area contributed by atoms with Gasteiger partial charge in [0.05, 0.1) is 13.1 Å². The first-order valence-corrected chi connectivity index (χ1v) is 6.45. The van der Waals surface area contributed by atoms with Crippen LogP contribution in [0, 0.1) is 0 Å². The van der Waals surface area contributed by atoms with Crippen molar-refractivity contribution in [3.05, 3.63) is 42.0 Å². The van der Waals surface area contributed by atoms with Crippen molar-refractivity contribution in [2.24, 2.45) is 0 Å². The Kier molecular flexibility index (Phi) is 6.83. The van der Waals surface area contributed by atoms with Crippen molar-refractivity contribution in [3.8, 4) is 0 Å². The molecule has 0 atom stereocenters. The van der Waals surface area contributed by atoms with Gasteiger partial charge in [-0.2, -0.15) is 0 Å². The molecule has 21 heavy (non-hydrogen) atoms. The molecule has 0 radical (unpaired) electrons. The highest BCUT2D eigenvalue weighted by molar-refractivity contribution is 5.94. The van der Waals surface area contributed by atoms with E-state index in [1.54, 1.807) is 25.1 Å². The highest BCUT2D eigenvalue weighted by Crippen LogP contribution is 2.01. The molecular formula is C15H19N3O3. The zero-order chi connectivity index (χ0) is 15.7. The molecule has 0 fully saturated rings. The smallest absolute Gasteiger partial charge is 0.265 e. The molecule has 6 nitrogen and oxygen atoms in total. The summed E-state index contributed by atoms with van der Waals surface area (Å²) in [5, 5.41) is 0.984. The second-order valence-electron chi connectivity index (χ2n) is 4.63. The topological polar surface area (TPSA) is 69.7 Å². The van der Waals surface area contributed by atoms with Crippen molar-refractivity contribution in [2.45, 2.75) is 0 Å². The van der Waals surface area contributed by atoms with Crippen LogP contribution in [0.2, 0.25) is 0 Å². The molecule has 0 saturated carbocycles. The number of carbonyl (C=O) groups excluding carboxylic acids is 3. The Morgan fingerprint density at radius 1 is 1.19 bits per heavy atom. The lowest BCUT2D eigenvalue weighted by molar-refractivity contribution is -0.139. The molecular weight excluding hydrogens is 270 g/mol. The van der Waals surface area contributed by atoms with Gasteiger partial charge in [0, 0.05) is 6.08 Å². The van der Waals surface area contributed by atoms with E-state index < -0.39 is 5.91 Å². The number of hydrogen-bond acceptors (Lipinski definition) is 4. The standard InChI is InChI=1S/C15H19N3O3/c1-17(2)12-14(20)16-18(10-11-19)15(21)9-8-13-6-4-3-5-7-13/h3-9,11H,10,12H2,1-2H3,(H,16,20). The number of amides is 2. The maximum atomic E-state index is 12.0. The Hall–Kier alpha value is -2.47. The minimum atomic E-state index is -0.460. The van der Waals surface area contributed by atoms with Gasteiger partial charge in [-0.15, -0.1) is 0 Å².